The molecule has 136 valence electrons. The van der Waals surface area contributed by atoms with E-state index in [2.05, 4.69) is 0 Å². The van der Waals surface area contributed by atoms with E-state index >= 15 is 0 Å². The lowest BCUT2D eigenvalue weighted by molar-refractivity contribution is -0.126. The van der Waals surface area contributed by atoms with E-state index in [4.69, 9.17) is 32.7 Å². The van der Waals surface area contributed by atoms with Crippen LogP contribution in [0.4, 0.5) is 0 Å². The van der Waals surface area contributed by atoms with Crippen molar-refractivity contribution in [2.24, 2.45) is 0 Å². The van der Waals surface area contributed by atoms with Crippen LogP contribution in [0.1, 0.15) is 16.7 Å². The SMILES string of the molecule is COc1cc2c(cc1OC)CN(C(=O)C=Cc1ccc(Cl)cc1Cl)CC2. The van der Waals surface area contributed by atoms with Crippen molar-refractivity contribution in [3.05, 3.63) is 63.1 Å². The molecule has 2 aromatic rings. The lowest BCUT2D eigenvalue weighted by Gasteiger charge is -2.28. The Morgan fingerprint density at radius 3 is 2.42 bits per heavy atom. The Kier molecular flexibility index (Phi) is 5.74. The van der Waals surface area contributed by atoms with Crippen LogP contribution in [0.15, 0.2) is 36.4 Å². The van der Waals surface area contributed by atoms with Gasteiger partial charge in [0.25, 0.3) is 0 Å². The van der Waals surface area contributed by atoms with Gasteiger partial charge >= 0.3 is 0 Å². The van der Waals surface area contributed by atoms with Crippen LogP contribution in [0.3, 0.4) is 0 Å². The van der Waals surface area contributed by atoms with Gasteiger partial charge in [0.05, 0.1) is 14.2 Å². The summed E-state index contributed by atoms with van der Waals surface area (Å²) in [5.41, 5.74) is 3.00. The topological polar surface area (TPSA) is 38.8 Å². The van der Waals surface area contributed by atoms with Crippen LogP contribution in [0.25, 0.3) is 6.08 Å². The minimum Gasteiger partial charge on any atom is -0.493 e. The van der Waals surface area contributed by atoms with Gasteiger partial charge in [-0.05, 0) is 53.5 Å². The van der Waals surface area contributed by atoms with E-state index in [1.165, 1.54) is 5.56 Å². The highest BCUT2D eigenvalue weighted by Crippen LogP contribution is 2.33. The number of benzene rings is 2. The molecule has 0 spiro atoms. The largest absolute Gasteiger partial charge is 0.493 e. The van der Waals surface area contributed by atoms with Crippen molar-refractivity contribution in [3.8, 4) is 11.5 Å². The molecule has 1 aliphatic heterocycles. The van der Waals surface area contributed by atoms with Gasteiger partial charge in [0.15, 0.2) is 11.5 Å². The van der Waals surface area contributed by atoms with Crippen molar-refractivity contribution in [2.45, 2.75) is 13.0 Å². The van der Waals surface area contributed by atoms with Crippen molar-refractivity contribution in [1.29, 1.82) is 0 Å². The number of halogens is 2. The molecule has 0 bridgehead atoms. The molecule has 0 N–H and O–H groups in total. The van der Waals surface area contributed by atoms with E-state index in [1.54, 1.807) is 49.5 Å². The Bertz CT molecular complexity index is 864. The third kappa shape index (κ3) is 3.97. The van der Waals surface area contributed by atoms with Crippen molar-refractivity contribution >= 4 is 35.2 Å². The molecule has 0 radical (unpaired) electrons. The quantitative estimate of drug-likeness (QED) is 0.714. The maximum atomic E-state index is 12.6. The van der Waals surface area contributed by atoms with Gasteiger partial charge in [-0.15, -0.1) is 0 Å². The first-order valence-electron chi connectivity index (χ1n) is 8.17. The van der Waals surface area contributed by atoms with Gasteiger partial charge in [-0.3, -0.25) is 4.79 Å². The van der Waals surface area contributed by atoms with Crippen molar-refractivity contribution in [3.63, 3.8) is 0 Å². The molecule has 0 saturated carbocycles. The normalized spacial score (nSPS) is 13.6. The highest BCUT2D eigenvalue weighted by Gasteiger charge is 2.21. The predicted octanol–water partition coefficient (Wildman–Crippen LogP) is 4.61. The first kappa shape index (κ1) is 18.6. The van der Waals surface area contributed by atoms with Crippen LogP contribution in [-0.4, -0.2) is 31.6 Å². The van der Waals surface area contributed by atoms with Crippen LogP contribution >= 0.6 is 23.2 Å². The highest BCUT2D eigenvalue weighted by molar-refractivity contribution is 6.35. The maximum absolute atomic E-state index is 12.6. The molecule has 0 fully saturated rings. The fraction of sp³-hybridized carbons (Fsp3) is 0.250. The third-order valence-corrected chi connectivity index (χ3v) is 4.96. The minimum atomic E-state index is -0.0588. The molecule has 2 aromatic carbocycles. The van der Waals surface area contributed by atoms with Gasteiger partial charge in [0, 0.05) is 29.2 Å². The first-order chi connectivity index (χ1) is 12.5. The number of fused-ring (bicyclic) bond motifs is 1. The molecule has 26 heavy (non-hydrogen) atoms. The molecule has 4 nitrogen and oxygen atoms in total. The lowest BCUT2D eigenvalue weighted by Crippen LogP contribution is -2.34. The number of hydrogen-bond donors (Lipinski definition) is 0. The van der Waals surface area contributed by atoms with E-state index in [-0.39, 0.29) is 5.91 Å². The summed E-state index contributed by atoms with van der Waals surface area (Å²) < 4.78 is 10.7. The molecule has 6 heteroatoms. The van der Waals surface area contributed by atoms with E-state index in [9.17, 15) is 4.79 Å². The summed E-state index contributed by atoms with van der Waals surface area (Å²) in [5.74, 6) is 1.32. The molecule has 0 aliphatic carbocycles. The van der Waals surface area contributed by atoms with Crippen LogP contribution in [0, 0.1) is 0 Å². The van der Waals surface area contributed by atoms with Gasteiger partial charge in [-0.1, -0.05) is 29.3 Å². The summed E-state index contributed by atoms with van der Waals surface area (Å²) in [6.07, 6.45) is 4.03. The molecule has 1 amide bonds. The molecule has 0 aromatic heterocycles. The lowest BCUT2D eigenvalue weighted by atomic mass is 9.98. The number of methoxy groups -OCH3 is 2. The molecule has 0 atom stereocenters. The number of ether oxygens (including phenoxy) is 2. The standard InChI is InChI=1S/C20H19Cl2NO3/c1-25-18-9-14-7-8-23(12-15(14)10-19(18)26-2)20(24)6-4-13-3-5-16(21)11-17(13)22/h3-6,9-11H,7-8,12H2,1-2H3. The van der Waals surface area contributed by atoms with E-state index in [1.807, 2.05) is 12.1 Å². The zero-order chi connectivity index (χ0) is 18.7. The zero-order valence-corrected chi connectivity index (χ0v) is 16.1. The number of rotatable bonds is 4. The molecule has 0 unspecified atom stereocenters. The minimum absolute atomic E-state index is 0.0588. The van der Waals surface area contributed by atoms with Gasteiger partial charge in [-0.25, -0.2) is 0 Å². The first-order valence-corrected chi connectivity index (χ1v) is 8.93. The van der Waals surface area contributed by atoms with Gasteiger partial charge < -0.3 is 14.4 Å². The molecule has 0 saturated heterocycles. The van der Waals surface area contributed by atoms with E-state index in [0.29, 0.717) is 34.6 Å². The Labute approximate surface area is 162 Å². The second-order valence-corrected chi connectivity index (χ2v) is 6.83. The van der Waals surface area contributed by atoms with Crippen molar-refractivity contribution in [2.75, 3.05) is 20.8 Å². The monoisotopic (exact) mass is 391 g/mol. The summed E-state index contributed by atoms with van der Waals surface area (Å²) in [6, 6.07) is 9.11. The Balaban J connectivity index is 1.75. The van der Waals surface area contributed by atoms with Crippen LogP contribution < -0.4 is 9.47 Å². The molecule has 1 aliphatic rings. The number of hydrogen-bond acceptors (Lipinski definition) is 3. The van der Waals surface area contributed by atoms with E-state index < -0.39 is 0 Å². The fourth-order valence-corrected chi connectivity index (χ4v) is 3.45. The van der Waals surface area contributed by atoms with Crippen LogP contribution in [-0.2, 0) is 17.8 Å². The van der Waals surface area contributed by atoms with Gasteiger partial charge in [-0.2, -0.15) is 0 Å². The third-order valence-electron chi connectivity index (χ3n) is 4.40. The maximum Gasteiger partial charge on any atom is 0.246 e. The summed E-state index contributed by atoms with van der Waals surface area (Å²) in [4.78, 5) is 14.4. The number of nitrogens with zero attached hydrogens (tertiary/aromatic N) is 1. The van der Waals surface area contributed by atoms with E-state index in [0.717, 1.165) is 17.5 Å². The summed E-state index contributed by atoms with van der Waals surface area (Å²) in [6.45, 7) is 1.19. The summed E-state index contributed by atoms with van der Waals surface area (Å²) in [7, 11) is 3.23. The Morgan fingerprint density at radius 2 is 1.77 bits per heavy atom. The number of amides is 1. The second-order valence-electron chi connectivity index (χ2n) is 5.98. The average molecular weight is 392 g/mol. The number of carbonyl (C=O) groups is 1. The average Bonchev–Trinajstić information content (AvgIpc) is 2.65. The highest BCUT2D eigenvalue weighted by atomic mass is 35.5. The van der Waals surface area contributed by atoms with Crippen molar-refractivity contribution < 1.29 is 14.3 Å². The zero-order valence-electron chi connectivity index (χ0n) is 14.6. The molecular formula is C20H19Cl2NO3. The smallest absolute Gasteiger partial charge is 0.246 e. The van der Waals surface area contributed by atoms with Crippen molar-refractivity contribution in [1.82, 2.24) is 4.90 Å². The summed E-state index contributed by atoms with van der Waals surface area (Å²) in [5, 5.41) is 1.08. The molecule has 3 rings (SSSR count). The van der Waals surface area contributed by atoms with Gasteiger partial charge in [0.2, 0.25) is 5.91 Å². The number of carbonyl (C=O) groups excluding carboxylic acids is 1. The summed E-state index contributed by atoms with van der Waals surface area (Å²) >= 11 is 12.0. The predicted molar refractivity (Wildman–Crippen MR) is 104 cm³/mol. The van der Waals surface area contributed by atoms with Crippen LogP contribution in [0.5, 0.6) is 11.5 Å². The Morgan fingerprint density at radius 1 is 1.08 bits per heavy atom. The van der Waals surface area contributed by atoms with Gasteiger partial charge in [0.1, 0.15) is 0 Å². The second kappa shape index (κ2) is 8.02. The van der Waals surface area contributed by atoms with Crippen LogP contribution in [0.2, 0.25) is 10.0 Å². The fourth-order valence-electron chi connectivity index (χ4n) is 2.97. The molecular weight excluding hydrogens is 373 g/mol. The molecule has 1 heterocycles. The Hall–Kier alpha value is -2.17.